The number of carbonyl (C=O) groups is 2. The maximum absolute atomic E-state index is 13.0. The van der Waals surface area contributed by atoms with Gasteiger partial charge in [0.1, 0.15) is 0 Å². The van der Waals surface area contributed by atoms with E-state index in [9.17, 15) is 19.7 Å². The van der Waals surface area contributed by atoms with E-state index >= 15 is 0 Å². The van der Waals surface area contributed by atoms with Crippen LogP contribution in [0.15, 0.2) is 108 Å². The van der Waals surface area contributed by atoms with Gasteiger partial charge in [-0.1, -0.05) is 79.7 Å². The van der Waals surface area contributed by atoms with Crippen LogP contribution in [0.4, 0.5) is 5.69 Å². The normalized spacial score (nSPS) is 17.5. The predicted molar refractivity (Wildman–Crippen MR) is 197 cm³/mol. The summed E-state index contributed by atoms with van der Waals surface area (Å²) < 4.78 is 11.0. The number of nitrogens with zero attached hydrogens (tertiary/aromatic N) is 4. The summed E-state index contributed by atoms with van der Waals surface area (Å²) in [7, 11) is 3.17. The first kappa shape index (κ1) is 37.4. The molecule has 3 aromatic rings. The summed E-state index contributed by atoms with van der Waals surface area (Å²) in [6.07, 6.45) is 4.89. The lowest BCUT2D eigenvalue weighted by Crippen LogP contribution is -2.44. The molecule has 5 rings (SSSR count). The summed E-state index contributed by atoms with van der Waals surface area (Å²) in [4.78, 5) is 42.5. The first-order chi connectivity index (χ1) is 24.9. The molecule has 11 heteroatoms. The molecule has 0 radical (unpaired) electrons. The minimum absolute atomic E-state index is 0.0412. The van der Waals surface area contributed by atoms with Crippen molar-refractivity contribution in [3.05, 3.63) is 135 Å². The summed E-state index contributed by atoms with van der Waals surface area (Å²) in [5.41, 5.74) is 6.15. The van der Waals surface area contributed by atoms with E-state index in [0.717, 1.165) is 63.0 Å². The highest BCUT2D eigenvalue weighted by atomic mass is 16.6. The lowest BCUT2D eigenvalue weighted by atomic mass is 9.68. The number of piperidine rings is 1. The standard InChI is InChI=1S/C40H49N5O6/c1-4-35-38(44(30-47)26-27-50-2)37(31-16-18-34(19-17-31)45(48)49)39(36(41-35)28-51-3)43(29-46)23-11-22-42-24-20-40(21-25-42,32-12-7-5-8-13-32)33-14-9-6-10-15-33/h5-10,12-19,29-30,37,41H,4,11,20-28H2,1-3H3. The fourth-order valence-corrected chi connectivity index (χ4v) is 7.63. The molecular weight excluding hydrogens is 646 g/mol. The number of dihydropyridines is 1. The molecule has 0 bridgehead atoms. The van der Waals surface area contributed by atoms with E-state index in [-0.39, 0.29) is 17.7 Å². The highest BCUT2D eigenvalue weighted by Gasteiger charge is 2.39. The molecule has 11 nitrogen and oxygen atoms in total. The van der Waals surface area contributed by atoms with Gasteiger partial charge >= 0.3 is 0 Å². The van der Waals surface area contributed by atoms with E-state index in [1.165, 1.54) is 23.3 Å². The number of nitrogens with one attached hydrogen (secondary N) is 1. The molecule has 1 saturated heterocycles. The first-order valence-electron chi connectivity index (χ1n) is 17.6. The molecule has 0 aliphatic carbocycles. The topological polar surface area (TPSA) is 117 Å². The maximum atomic E-state index is 13.0. The molecule has 3 aromatic carbocycles. The first-order valence-corrected chi connectivity index (χ1v) is 17.6. The SMILES string of the molecule is CCC1=C(N(C=O)CCOC)C(c2ccc([N+](=O)[O-])cc2)C(N(C=O)CCCN2CCC(c3ccccc3)(c3ccccc3)CC2)=C(COC)N1. The molecule has 1 N–H and O–H groups in total. The highest BCUT2D eigenvalue weighted by Crippen LogP contribution is 2.43. The molecule has 2 aliphatic rings. The van der Waals surface area contributed by atoms with Gasteiger partial charge in [0.25, 0.3) is 5.69 Å². The smallest absolute Gasteiger partial charge is 0.269 e. The number of carbonyl (C=O) groups excluding carboxylic acids is 2. The molecule has 2 amide bonds. The van der Waals surface area contributed by atoms with Crippen molar-refractivity contribution < 1.29 is 24.0 Å². The molecule has 1 fully saturated rings. The third-order valence-corrected chi connectivity index (χ3v) is 10.2. The lowest BCUT2D eigenvalue weighted by Gasteiger charge is -2.43. The van der Waals surface area contributed by atoms with Crippen LogP contribution in [-0.2, 0) is 24.5 Å². The minimum Gasteiger partial charge on any atom is -0.383 e. The van der Waals surface area contributed by atoms with Crippen LogP contribution >= 0.6 is 0 Å². The Bertz CT molecular complexity index is 1630. The van der Waals surface area contributed by atoms with Gasteiger partial charge in [0, 0.05) is 50.6 Å². The van der Waals surface area contributed by atoms with E-state index in [2.05, 4.69) is 70.9 Å². The number of amides is 2. The maximum Gasteiger partial charge on any atom is 0.269 e. The number of benzene rings is 3. The van der Waals surface area contributed by atoms with Crippen LogP contribution in [0.3, 0.4) is 0 Å². The summed E-state index contributed by atoms with van der Waals surface area (Å²) in [5, 5.41) is 15.0. The van der Waals surface area contributed by atoms with Crippen molar-refractivity contribution in [1.29, 1.82) is 0 Å². The van der Waals surface area contributed by atoms with Crippen LogP contribution in [0.1, 0.15) is 55.2 Å². The Hall–Kier alpha value is -4.84. The third kappa shape index (κ3) is 8.39. The minimum atomic E-state index is -0.577. The Kier molecular flexibility index (Phi) is 13.1. The van der Waals surface area contributed by atoms with Crippen LogP contribution in [-0.4, -0.2) is 92.6 Å². The van der Waals surface area contributed by atoms with E-state index < -0.39 is 10.8 Å². The number of nitro benzene ring substituents is 1. The van der Waals surface area contributed by atoms with Gasteiger partial charge in [-0.15, -0.1) is 0 Å². The predicted octanol–water partition coefficient (Wildman–Crippen LogP) is 5.80. The largest absolute Gasteiger partial charge is 0.383 e. The van der Waals surface area contributed by atoms with Crippen molar-refractivity contribution in [3.63, 3.8) is 0 Å². The fraction of sp³-hybridized carbons (Fsp3) is 0.400. The quantitative estimate of drug-likeness (QED) is 0.101. The van der Waals surface area contributed by atoms with E-state index in [0.29, 0.717) is 43.2 Å². The number of rotatable bonds is 18. The van der Waals surface area contributed by atoms with Crippen LogP contribution in [0.5, 0.6) is 0 Å². The molecule has 1 unspecified atom stereocenters. The van der Waals surface area contributed by atoms with Gasteiger partial charge in [0.05, 0.1) is 41.1 Å². The molecule has 0 saturated carbocycles. The third-order valence-electron chi connectivity index (χ3n) is 10.2. The molecule has 0 spiro atoms. The van der Waals surface area contributed by atoms with Gasteiger partial charge in [-0.2, -0.15) is 0 Å². The summed E-state index contributed by atoms with van der Waals surface area (Å²) in [5.74, 6) is -0.577. The van der Waals surface area contributed by atoms with Crippen LogP contribution < -0.4 is 5.32 Å². The van der Waals surface area contributed by atoms with E-state index in [1.807, 2.05) is 6.92 Å². The Morgan fingerprint density at radius 2 is 1.41 bits per heavy atom. The molecule has 51 heavy (non-hydrogen) atoms. The van der Waals surface area contributed by atoms with Crippen LogP contribution in [0.2, 0.25) is 0 Å². The van der Waals surface area contributed by atoms with Crippen molar-refractivity contribution in [1.82, 2.24) is 20.0 Å². The number of ether oxygens (including phenoxy) is 2. The number of hydrogen-bond acceptors (Lipinski definition) is 8. The van der Waals surface area contributed by atoms with Crippen molar-refractivity contribution in [3.8, 4) is 0 Å². The number of hydrogen-bond donors (Lipinski definition) is 1. The monoisotopic (exact) mass is 695 g/mol. The summed E-state index contributed by atoms with van der Waals surface area (Å²) >= 11 is 0. The van der Waals surface area contributed by atoms with Crippen LogP contribution in [0.25, 0.3) is 0 Å². The Morgan fingerprint density at radius 3 is 1.92 bits per heavy atom. The average Bonchev–Trinajstić information content (AvgIpc) is 3.18. The average molecular weight is 696 g/mol. The van der Waals surface area contributed by atoms with Gasteiger partial charge < -0.3 is 29.5 Å². The van der Waals surface area contributed by atoms with Gasteiger partial charge in [-0.05, 0) is 62.0 Å². The Balaban J connectivity index is 1.40. The summed E-state index contributed by atoms with van der Waals surface area (Å²) in [6.45, 7) is 5.89. The highest BCUT2D eigenvalue weighted by molar-refractivity contribution is 5.61. The number of likely N-dealkylation sites (tertiary alicyclic amines) is 1. The van der Waals surface area contributed by atoms with E-state index in [1.54, 1.807) is 36.2 Å². The Morgan fingerprint density at radius 1 is 0.843 bits per heavy atom. The van der Waals surface area contributed by atoms with Crippen LogP contribution in [0, 0.1) is 10.1 Å². The molecule has 2 aliphatic heterocycles. The van der Waals surface area contributed by atoms with Gasteiger partial charge in [-0.25, -0.2) is 0 Å². The van der Waals surface area contributed by atoms with Gasteiger partial charge in [0.15, 0.2) is 0 Å². The number of allylic oxidation sites excluding steroid dienone is 1. The second kappa shape index (κ2) is 17.9. The zero-order chi connectivity index (χ0) is 36.2. The lowest BCUT2D eigenvalue weighted by molar-refractivity contribution is -0.384. The number of non-ortho nitro benzene ring substituents is 1. The second-order valence-corrected chi connectivity index (χ2v) is 13.0. The molecular formula is C40H49N5O6. The van der Waals surface area contributed by atoms with Crippen molar-refractivity contribution in [2.75, 3.05) is 60.2 Å². The zero-order valence-electron chi connectivity index (χ0n) is 29.8. The molecule has 2 heterocycles. The Labute approximate surface area is 300 Å². The second-order valence-electron chi connectivity index (χ2n) is 13.0. The fourth-order valence-electron chi connectivity index (χ4n) is 7.63. The van der Waals surface area contributed by atoms with Crippen molar-refractivity contribution in [2.45, 2.75) is 43.9 Å². The molecule has 1 atom stereocenters. The summed E-state index contributed by atoms with van der Waals surface area (Å²) in [6, 6.07) is 27.9. The van der Waals surface area contributed by atoms with Gasteiger partial charge in [-0.3, -0.25) is 19.7 Å². The number of nitro groups is 1. The van der Waals surface area contributed by atoms with Gasteiger partial charge in [0.2, 0.25) is 12.8 Å². The number of methoxy groups -OCH3 is 2. The molecule has 270 valence electrons. The van der Waals surface area contributed by atoms with Crippen molar-refractivity contribution in [2.24, 2.45) is 0 Å². The van der Waals surface area contributed by atoms with E-state index in [4.69, 9.17) is 9.47 Å². The zero-order valence-corrected chi connectivity index (χ0v) is 29.8. The molecule has 0 aromatic heterocycles. The van der Waals surface area contributed by atoms with Crippen molar-refractivity contribution >= 4 is 18.5 Å².